The van der Waals surface area contributed by atoms with E-state index in [0.29, 0.717) is 22.5 Å². The molecule has 0 saturated carbocycles. The number of para-hydroxylation sites is 1. The molecule has 0 aliphatic rings. The summed E-state index contributed by atoms with van der Waals surface area (Å²) in [5.74, 6) is 0. The van der Waals surface area contributed by atoms with Crippen molar-refractivity contribution in [2.45, 2.75) is 25.9 Å². The van der Waals surface area contributed by atoms with Gasteiger partial charge in [0.25, 0.3) is 0 Å². The number of rotatable bonds is 5. The Balaban J connectivity index is 1.91. The Kier molecular flexibility index (Phi) is 4.97. The number of hydrogen-bond acceptors (Lipinski definition) is 3. The van der Waals surface area contributed by atoms with Crippen molar-refractivity contribution < 1.29 is 0 Å². The molecule has 0 unspecified atom stereocenters. The zero-order valence-electron chi connectivity index (χ0n) is 13.8. The third-order valence-electron chi connectivity index (χ3n) is 4.28. The third kappa shape index (κ3) is 3.35. The maximum absolute atomic E-state index is 12.3. The second-order valence-corrected chi connectivity index (χ2v) is 6.35. The molecule has 0 aliphatic carbocycles. The van der Waals surface area contributed by atoms with Crippen LogP contribution in [-0.2, 0) is 6.54 Å². The highest BCUT2D eigenvalue weighted by Crippen LogP contribution is 2.24. The van der Waals surface area contributed by atoms with E-state index in [-0.39, 0.29) is 11.5 Å². The molecule has 1 N–H and O–H groups in total. The molecule has 0 saturated heterocycles. The number of fused-ring (bicyclic) bond motifs is 1. The van der Waals surface area contributed by atoms with E-state index in [0.717, 1.165) is 12.1 Å². The first-order valence-electron chi connectivity index (χ1n) is 8.00. The van der Waals surface area contributed by atoms with E-state index in [1.54, 1.807) is 30.5 Å². The summed E-state index contributed by atoms with van der Waals surface area (Å²) in [6, 6.07) is 11.3. The van der Waals surface area contributed by atoms with Crippen LogP contribution in [0.15, 0.2) is 53.6 Å². The molecule has 2 aromatic heterocycles. The molecule has 0 spiro atoms. The molecular formula is C19H20ClN3O. The highest BCUT2D eigenvalue weighted by molar-refractivity contribution is 6.35. The van der Waals surface area contributed by atoms with Crippen LogP contribution in [-0.4, -0.2) is 21.9 Å². The lowest BCUT2D eigenvalue weighted by atomic mass is 10.1. The monoisotopic (exact) mass is 341 g/mol. The fourth-order valence-electron chi connectivity index (χ4n) is 3.13. The average molecular weight is 342 g/mol. The molecular weight excluding hydrogens is 322 g/mol. The summed E-state index contributed by atoms with van der Waals surface area (Å²) in [7, 11) is 2.05. The highest BCUT2D eigenvalue weighted by Gasteiger charge is 2.16. The normalized spacial score (nSPS) is 12.7. The molecule has 0 radical (unpaired) electrons. The quantitative estimate of drug-likeness (QED) is 0.758. The summed E-state index contributed by atoms with van der Waals surface area (Å²) in [5, 5.41) is 1.18. The lowest BCUT2D eigenvalue weighted by Gasteiger charge is -2.27. The first kappa shape index (κ1) is 16.7. The second kappa shape index (κ2) is 7.16. The van der Waals surface area contributed by atoms with Gasteiger partial charge < -0.3 is 4.98 Å². The molecule has 0 aliphatic heterocycles. The summed E-state index contributed by atoms with van der Waals surface area (Å²) in [4.78, 5) is 22.1. The van der Waals surface area contributed by atoms with Crippen LogP contribution >= 0.6 is 11.6 Å². The molecule has 3 aromatic rings. The molecule has 3 rings (SSSR count). The molecule has 1 atom stereocenters. The second-order valence-electron chi connectivity index (χ2n) is 5.95. The summed E-state index contributed by atoms with van der Waals surface area (Å²) in [6.45, 7) is 2.78. The predicted octanol–water partition coefficient (Wildman–Crippen LogP) is 4.16. The number of nitrogens with zero attached hydrogens (tertiary/aromatic N) is 2. The van der Waals surface area contributed by atoms with E-state index in [2.05, 4.69) is 34.9 Å². The molecule has 5 heteroatoms. The standard InChI is InChI=1S/C19H20ClN3O/c1-3-17(13-6-5-9-21-11-13)23(2)12-14-10-18(24)15-7-4-8-16(20)19(15)22-14/h4-11,17H,3,12H2,1-2H3,(H,22,24)/t17-/m1/s1. The minimum absolute atomic E-state index is 0.0101. The fraction of sp³-hybridized carbons (Fsp3) is 0.263. The predicted molar refractivity (Wildman–Crippen MR) is 98.3 cm³/mol. The first-order chi connectivity index (χ1) is 11.6. The van der Waals surface area contributed by atoms with Crippen LogP contribution < -0.4 is 5.43 Å². The Hall–Kier alpha value is -2.17. The minimum Gasteiger partial charge on any atom is -0.356 e. The Morgan fingerprint density at radius 1 is 1.29 bits per heavy atom. The number of H-pyrrole nitrogens is 1. The first-order valence-corrected chi connectivity index (χ1v) is 8.38. The van der Waals surface area contributed by atoms with E-state index in [1.165, 1.54) is 5.56 Å². The van der Waals surface area contributed by atoms with Gasteiger partial charge in [0.05, 0.1) is 10.5 Å². The van der Waals surface area contributed by atoms with Crippen LogP contribution in [0.1, 0.15) is 30.6 Å². The van der Waals surface area contributed by atoms with Gasteiger partial charge in [-0.2, -0.15) is 0 Å². The number of benzene rings is 1. The van der Waals surface area contributed by atoms with Crippen molar-refractivity contribution in [3.63, 3.8) is 0 Å². The summed E-state index contributed by atoms with van der Waals surface area (Å²) in [6.07, 6.45) is 4.63. The van der Waals surface area contributed by atoms with Crippen molar-refractivity contribution >= 4 is 22.5 Å². The van der Waals surface area contributed by atoms with Crippen molar-refractivity contribution in [3.8, 4) is 0 Å². The zero-order valence-corrected chi connectivity index (χ0v) is 14.5. The molecule has 24 heavy (non-hydrogen) atoms. The van der Waals surface area contributed by atoms with Gasteiger partial charge in [-0.3, -0.25) is 14.7 Å². The molecule has 2 heterocycles. The van der Waals surface area contributed by atoms with Crippen molar-refractivity contribution in [2.24, 2.45) is 0 Å². The molecule has 0 bridgehead atoms. The van der Waals surface area contributed by atoms with Gasteiger partial charge in [0.15, 0.2) is 5.43 Å². The number of aromatic nitrogens is 2. The number of aromatic amines is 1. The Morgan fingerprint density at radius 3 is 2.83 bits per heavy atom. The van der Waals surface area contributed by atoms with Crippen molar-refractivity contribution in [1.29, 1.82) is 0 Å². The van der Waals surface area contributed by atoms with Crippen molar-refractivity contribution in [3.05, 3.63) is 75.3 Å². The van der Waals surface area contributed by atoms with E-state index < -0.39 is 0 Å². The number of hydrogen-bond donors (Lipinski definition) is 1. The highest BCUT2D eigenvalue weighted by atomic mass is 35.5. The van der Waals surface area contributed by atoms with Crippen LogP contribution in [0.3, 0.4) is 0 Å². The lowest BCUT2D eigenvalue weighted by Crippen LogP contribution is -2.25. The van der Waals surface area contributed by atoms with E-state index in [4.69, 9.17) is 11.6 Å². The van der Waals surface area contributed by atoms with Gasteiger partial charge in [-0.25, -0.2) is 0 Å². The zero-order chi connectivity index (χ0) is 17.1. The van der Waals surface area contributed by atoms with Crippen LogP contribution in [0.4, 0.5) is 0 Å². The Morgan fingerprint density at radius 2 is 2.12 bits per heavy atom. The minimum atomic E-state index is -0.0101. The topological polar surface area (TPSA) is 49.0 Å². The average Bonchev–Trinajstić information content (AvgIpc) is 2.57. The maximum Gasteiger partial charge on any atom is 0.189 e. The summed E-state index contributed by atoms with van der Waals surface area (Å²) >= 11 is 6.23. The van der Waals surface area contributed by atoms with Gasteiger partial charge in [-0.05, 0) is 37.2 Å². The van der Waals surface area contributed by atoms with Gasteiger partial charge in [0.1, 0.15) is 0 Å². The fourth-order valence-corrected chi connectivity index (χ4v) is 3.35. The van der Waals surface area contributed by atoms with E-state index >= 15 is 0 Å². The van der Waals surface area contributed by atoms with E-state index in [9.17, 15) is 4.79 Å². The Bertz CT molecular complexity index is 892. The largest absolute Gasteiger partial charge is 0.356 e. The Labute approximate surface area is 146 Å². The summed E-state index contributed by atoms with van der Waals surface area (Å²) < 4.78 is 0. The van der Waals surface area contributed by atoms with Crippen LogP contribution in [0.2, 0.25) is 5.02 Å². The summed E-state index contributed by atoms with van der Waals surface area (Å²) in [5.41, 5.74) is 2.71. The smallest absolute Gasteiger partial charge is 0.189 e. The van der Waals surface area contributed by atoms with Gasteiger partial charge in [-0.1, -0.05) is 30.7 Å². The molecule has 0 amide bonds. The SMILES string of the molecule is CC[C@H](c1cccnc1)N(C)Cc1cc(=O)c2cccc(Cl)c2[nH]1. The third-order valence-corrected chi connectivity index (χ3v) is 4.59. The van der Waals surface area contributed by atoms with Crippen molar-refractivity contribution in [1.82, 2.24) is 14.9 Å². The molecule has 0 fully saturated rings. The van der Waals surface area contributed by atoms with Crippen LogP contribution in [0, 0.1) is 0 Å². The molecule has 124 valence electrons. The van der Waals surface area contributed by atoms with Crippen LogP contribution in [0.5, 0.6) is 0 Å². The lowest BCUT2D eigenvalue weighted by molar-refractivity contribution is 0.227. The molecule has 4 nitrogen and oxygen atoms in total. The van der Waals surface area contributed by atoms with Crippen molar-refractivity contribution in [2.75, 3.05) is 7.05 Å². The van der Waals surface area contributed by atoms with Gasteiger partial charge in [0.2, 0.25) is 0 Å². The van der Waals surface area contributed by atoms with Crippen LogP contribution in [0.25, 0.3) is 10.9 Å². The number of halogens is 1. The van der Waals surface area contributed by atoms with E-state index in [1.807, 2.05) is 12.3 Å². The number of nitrogens with one attached hydrogen (secondary N) is 1. The van der Waals surface area contributed by atoms with Gasteiger partial charge >= 0.3 is 0 Å². The van der Waals surface area contributed by atoms with Gasteiger partial charge in [-0.15, -0.1) is 0 Å². The molecule has 1 aromatic carbocycles. The maximum atomic E-state index is 12.3. The number of pyridine rings is 2. The van der Waals surface area contributed by atoms with Gasteiger partial charge in [0, 0.05) is 42.1 Å².